The van der Waals surface area contributed by atoms with Gasteiger partial charge < -0.3 is 9.47 Å². The maximum atomic E-state index is 10.9. The molecule has 0 atom stereocenters. The van der Waals surface area contributed by atoms with Crippen LogP contribution in [0.25, 0.3) is 0 Å². The van der Waals surface area contributed by atoms with Gasteiger partial charge in [0.25, 0.3) is 0 Å². The van der Waals surface area contributed by atoms with E-state index in [9.17, 15) is 9.59 Å². The van der Waals surface area contributed by atoms with Crippen molar-refractivity contribution in [2.75, 3.05) is 32.5 Å². The smallest absolute Gasteiger partial charge is 0.146 e. The zero-order valence-corrected chi connectivity index (χ0v) is 15.0. The minimum Gasteiger partial charge on any atom is -0.359 e. The molecule has 0 unspecified atom stereocenters. The van der Waals surface area contributed by atoms with Crippen LogP contribution in [-0.4, -0.2) is 44.1 Å². The van der Waals surface area contributed by atoms with Gasteiger partial charge in [0.15, 0.2) is 0 Å². The highest BCUT2D eigenvalue weighted by Crippen LogP contribution is 2.20. The minimum absolute atomic E-state index is 0. The summed E-state index contributed by atoms with van der Waals surface area (Å²) in [7, 11) is 1.56. The molecule has 0 radical (unpaired) electrons. The Labute approximate surface area is 142 Å². The van der Waals surface area contributed by atoms with E-state index in [1.165, 1.54) is 0 Å². The molecule has 0 heterocycles. The van der Waals surface area contributed by atoms with Crippen molar-refractivity contribution < 1.29 is 19.1 Å². The summed E-state index contributed by atoms with van der Waals surface area (Å²) in [5.74, 6) is 1.33. The fourth-order valence-electron chi connectivity index (χ4n) is 0.944. The van der Waals surface area contributed by atoms with Gasteiger partial charge in [0.05, 0.1) is 6.61 Å². The second kappa shape index (κ2) is 14.2. The summed E-state index contributed by atoms with van der Waals surface area (Å²) in [6, 6.07) is 0. The topological polar surface area (TPSA) is 52.6 Å². The third kappa shape index (κ3) is 14.5. The van der Waals surface area contributed by atoms with Crippen LogP contribution >= 0.6 is 11.8 Å². The molecular formula is C17H38O4S. The molecule has 4 nitrogen and oxygen atoms in total. The van der Waals surface area contributed by atoms with E-state index in [2.05, 4.69) is 4.74 Å². The number of methoxy groups -OCH3 is 1. The molecule has 0 aromatic rings. The van der Waals surface area contributed by atoms with E-state index in [1.807, 2.05) is 34.0 Å². The zero-order chi connectivity index (χ0) is 16.4. The summed E-state index contributed by atoms with van der Waals surface area (Å²) < 4.78 is 9.75. The minimum atomic E-state index is -0.390. The molecule has 0 aromatic heterocycles. The van der Waals surface area contributed by atoms with Crippen molar-refractivity contribution in [3.05, 3.63) is 0 Å². The van der Waals surface area contributed by atoms with Crippen molar-refractivity contribution in [3.8, 4) is 0 Å². The second-order valence-corrected chi connectivity index (χ2v) is 6.93. The summed E-state index contributed by atoms with van der Waals surface area (Å²) in [6.45, 7) is 11.5. The van der Waals surface area contributed by atoms with Crippen LogP contribution < -0.4 is 0 Å². The van der Waals surface area contributed by atoms with E-state index in [-0.39, 0.29) is 38.6 Å². The Bertz CT molecular complexity index is 299. The Hall–Kier alpha value is -0.390. The van der Waals surface area contributed by atoms with Gasteiger partial charge in [-0.25, -0.2) is 0 Å². The quantitative estimate of drug-likeness (QED) is 0.483. The predicted molar refractivity (Wildman–Crippen MR) is 98.6 cm³/mol. The van der Waals surface area contributed by atoms with Crippen molar-refractivity contribution >= 4 is 23.3 Å². The van der Waals surface area contributed by atoms with Crippen molar-refractivity contribution in [2.45, 2.75) is 56.4 Å². The van der Waals surface area contributed by atoms with Crippen LogP contribution in [0, 0.1) is 10.8 Å². The van der Waals surface area contributed by atoms with Crippen LogP contribution in [0.4, 0.5) is 0 Å². The third-order valence-electron chi connectivity index (χ3n) is 3.08. The molecule has 0 aliphatic rings. The van der Waals surface area contributed by atoms with E-state index in [0.29, 0.717) is 6.61 Å². The molecule has 22 heavy (non-hydrogen) atoms. The summed E-state index contributed by atoms with van der Waals surface area (Å²) in [5, 5.41) is 0. The van der Waals surface area contributed by atoms with Gasteiger partial charge in [0.1, 0.15) is 18.4 Å². The molecule has 0 bridgehead atoms. The van der Waals surface area contributed by atoms with Gasteiger partial charge >= 0.3 is 0 Å². The molecule has 0 saturated carbocycles. The van der Waals surface area contributed by atoms with E-state index in [1.54, 1.807) is 32.7 Å². The summed E-state index contributed by atoms with van der Waals surface area (Å²) in [5.41, 5.74) is -0.516. The first kappa shape index (κ1) is 29.6. The lowest BCUT2D eigenvalue weighted by atomic mass is 9.90. The first-order valence-electron chi connectivity index (χ1n) is 6.59. The highest BCUT2D eigenvalue weighted by atomic mass is 32.2. The highest BCUT2D eigenvalue weighted by molar-refractivity contribution is 7.98. The molecule has 0 N–H and O–H groups in total. The first-order valence-corrected chi connectivity index (χ1v) is 7.98. The number of ether oxygens (including phenoxy) is 2. The lowest BCUT2D eigenvalue weighted by Gasteiger charge is -2.20. The first-order chi connectivity index (χ1) is 9.01. The van der Waals surface area contributed by atoms with Crippen molar-refractivity contribution in [1.82, 2.24) is 0 Å². The molecule has 0 aliphatic carbocycles. The average molecular weight is 339 g/mol. The molecule has 0 aromatic carbocycles. The second-order valence-electron chi connectivity index (χ2n) is 6.07. The number of thioether (sulfide) groups is 1. The van der Waals surface area contributed by atoms with E-state index >= 15 is 0 Å². The van der Waals surface area contributed by atoms with Crippen LogP contribution in [-0.2, 0) is 19.1 Å². The summed E-state index contributed by atoms with van der Waals surface area (Å²) in [6.07, 6.45) is 2.02. The van der Waals surface area contributed by atoms with Crippen LogP contribution in [0.5, 0.6) is 0 Å². The Balaban J connectivity index is -0.000000137. The zero-order valence-electron chi connectivity index (χ0n) is 14.2. The van der Waals surface area contributed by atoms with Gasteiger partial charge in [-0.2, -0.15) is 11.8 Å². The Kier molecular flexibility index (Phi) is 19.1. The van der Waals surface area contributed by atoms with E-state index < -0.39 is 5.41 Å². The molecule has 0 amide bonds. The third-order valence-corrected chi connectivity index (χ3v) is 4.09. The van der Waals surface area contributed by atoms with Crippen LogP contribution in [0.3, 0.4) is 0 Å². The van der Waals surface area contributed by atoms with Gasteiger partial charge in [0, 0.05) is 23.7 Å². The molecule has 0 spiro atoms. The van der Waals surface area contributed by atoms with Crippen molar-refractivity contribution in [3.63, 3.8) is 0 Å². The highest BCUT2D eigenvalue weighted by Gasteiger charge is 2.23. The van der Waals surface area contributed by atoms with Gasteiger partial charge in [-0.3, -0.25) is 9.59 Å². The summed E-state index contributed by atoms with van der Waals surface area (Å²) >= 11 is 1.72. The number of rotatable bonds is 8. The Morgan fingerprint density at radius 1 is 0.955 bits per heavy atom. The van der Waals surface area contributed by atoms with Crippen LogP contribution in [0.1, 0.15) is 56.4 Å². The van der Waals surface area contributed by atoms with Gasteiger partial charge in [-0.1, -0.05) is 42.5 Å². The van der Waals surface area contributed by atoms with Gasteiger partial charge in [-0.15, -0.1) is 0 Å². The monoisotopic (exact) mass is 338 g/mol. The van der Waals surface area contributed by atoms with E-state index in [0.717, 1.165) is 5.75 Å². The fourth-order valence-corrected chi connectivity index (χ4v) is 1.87. The Morgan fingerprint density at radius 3 is 1.59 bits per heavy atom. The molecule has 5 heteroatoms. The SMILES string of the molecule is C.C.COCOCC(C)(C)C(C)=O.CSCC(C)(C)C(C)=O. The van der Waals surface area contributed by atoms with Crippen molar-refractivity contribution in [1.29, 1.82) is 0 Å². The lowest BCUT2D eigenvalue weighted by molar-refractivity contribution is -0.131. The van der Waals surface area contributed by atoms with Crippen LogP contribution in [0.2, 0.25) is 0 Å². The van der Waals surface area contributed by atoms with Crippen LogP contribution in [0.15, 0.2) is 0 Å². The number of carbonyl (C=O) groups is 2. The number of ketones is 2. The number of Topliss-reactive ketones (excluding diaryl/α,β-unsaturated/α-hetero) is 2. The largest absolute Gasteiger partial charge is 0.359 e. The molecule has 0 saturated heterocycles. The number of hydrogen-bond donors (Lipinski definition) is 0. The standard InChI is InChI=1S/C8H16O3.C7H14OS.2CH4/c1-7(9)8(2,3)5-11-6-10-4;1-6(8)7(2,3)5-9-4;;/h5-6H2,1-4H3;5H2,1-4H3;2*1H4. The van der Waals surface area contributed by atoms with E-state index in [4.69, 9.17) is 4.74 Å². The average Bonchev–Trinajstić information content (AvgIpc) is 2.29. The predicted octanol–water partition coefficient (Wildman–Crippen LogP) is 4.46. The molecule has 0 rings (SSSR count). The molecule has 136 valence electrons. The van der Waals surface area contributed by atoms with Crippen molar-refractivity contribution in [2.24, 2.45) is 10.8 Å². The van der Waals surface area contributed by atoms with Gasteiger partial charge in [-0.05, 0) is 20.1 Å². The van der Waals surface area contributed by atoms with Gasteiger partial charge in [0.2, 0.25) is 0 Å². The maximum Gasteiger partial charge on any atom is 0.146 e. The fraction of sp³-hybridized carbons (Fsp3) is 0.882. The molecule has 0 fully saturated rings. The maximum absolute atomic E-state index is 10.9. The Morgan fingerprint density at radius 2 is 1.36 bits per heavy atom. The molecule has 0 aliphatic heterocycles. The number of carbonyl (C=O) groups excluding carboxylic acids is 2. The number of hydrogen-bond acceptors (Lipinski definition) is 5. The molecular weight excluding hydrogens is 300 g/mol. The lowest BCUT2D eigenvalue weighted by Crippen LogP contribution is -2.27. The summed E-state index contributed by atoms with van der Waals surface area (Å²) in [4.78, 5) is 21.8. The normalized spacial score (nSPS) is 10.5.